The Morgan fingerprint density at radius 1 is 1.30 bits per heavy atom. The number of phenolic OH excluding ortho intramolecular Hbond substituents is 1. The van der Waals surface area contributed by atoms with Crippen molar-refractivity contribution in [3.8, 4) is 5.75 Å². The average Bonchev–Trinajstić information content (AvgIpc) is 2.09. The summed E-state index contributed by atoms with van der Waals surface area (Å²) in [5, 5.41) is 4.29. The maximum atomic E-state index is 6.58. The van der Waals surface area contributed by atoms with Crippen molar-refractivity contribution in [3.63, 3.8) is 0 Å². The zero-order chi connectivity index (χ0) is 8.69. The van der Waals surface area contributed by atoms with Gasteiger partial charge in [-0.25, -0.2) is 0 Å². The van der Waals surface area contributed by atoms with E-state index in [0.717, 1.165) is 5.56 Å². The molecule has 1 N–H and O–H groups in total. The molecule has 0 aliphatic rings. The minimum atomic E-state index is 0.623. The zero-order valence-corrected chi connectivity index (χ0v) is 6.72. The largest absolute Gasteiger partial charge is 0.508 e. The van der Waals surface area contributed by atoms with E-state index in [-0.39, 0.29) is 0 Å². The number of aromatic hydroxyl groups is 1. The quantitative estimate of drug-likeness (QED) is 0.634. The highest BCUT2D eigenvalue weighted by molar-refractivity contribution is 5.29. The second-order valence-corrected chi connectivity index (χ2v) is 1.77. The summed E-state index contributed by atoms with van der Waals surface area (Å²) in [4.78, 5) is 0. The van der Waals surface area contributed by atoms with Gasteiger partial charge in [-0.05, 0) is 18.6 Å². The van der Waals surface area contributed by atoms with E-state index in [1.165, 1.54) is 0 Å². The second-order valence-electron chi connectivity index (χ2n) is 1.77. The van der Waals surface area contributed by atoms with Crippen LogP contribution >= 0.6 is 0 Å². The number of rotatable bonds is 1. The van der Waals surface area contributed by atoms with Gasteiger partial charge in [-0.3, -0.25) is 0 Å². The van der Waals surface area contributed by atoms with Gasteiger partial charge in [-0.2, -0.15) is 0 Å². The van der Waals surface area contributed by atoms with Crippen LogP contribution in [0.25, 0.3) is 0 Å². The summed E-state index contributed by atoms with van der Waals surface area (Å²) >= 11 is 0. The van der Waals surface area contributed by atoms with Crippen LogP contribution in [0.2, 0.25) is 0 Å². The van der Waals surface area contributed by atoms with Crippen LogP contribution in [0.3, 0.4) is 0 Å². The lowest BCUT2D eigenvalue weighted by molar-refractivity contribution is 0.471. The molecule has 0 aliphatic carbocycles. The maximum Gasteiger partial charge on any atom is 0.293 e. The molecule has 0 heterocycles. The van der Waals surface area contributed by atoms with E-state index in [1.54, 1.807) is 6.07 Å². The normalized spacial score (nSPS) is 8.90. The third-order valence-electron chi connectivity index (χ3n) is 1.09. The summed E-state index contributed by atoms with van der Waals surface area (Å²) in [5.74, 6) is 0.623. The third-order valence-corrected chi connectivity index (χ3v) is 1.09. The van der Waals surface area contributed by atoms with Crippen molar-refractivity contribution in [2.45, 2.75) is 20.8 Å². The lowest BCUT2D eigenvalue weighted by Crippen LogP contribution is -1.68. The van der Waals surface area contributed by atoms with Gasteiger partial charge < -0.3 is 5.11 Å². The van der Waals surface area contributed by atoms with Gasteiger partial charge >= 0.3 is 0 Å². The fourth-order valence-corrected chi connectivity index (χ4v) is 0.556. The summed E-state index contributed by atoms with van der Waals surface area (Å²) in [6.07, 6.45) is 0. The molecular weight excluding hydrogens is 124 g/mol. The molecule has 0 unspecified atom stereocenters. The molecule has 0 bridgehead atoms. The molecule has 0 amide bonds. The van der Waals surface area contributed by atoms with Gasteiger partial charge in [0, 0.05) is 0 Å². The highest BCUT2D eigenvalue weighted by Crippen LogP contribution is 2.12. The fraction of sp³-hybridized carbons (Fsp3) is 0.333. The highest BCUT2D eigenvalue weighted by Gasteiger charge is 1.86. The smallest absolute Gasteiger partial charge is 0.293 e. The molecule has 0 aliphatic heterocycles. The molecule has 0 atom stereocenters. The van der Waals surface area contributed by atoms with E-state index in [1.807, 2.05) is 39.0 Å². The zero-order valence-electron chi connectivity index (χ0n) is 7.72. The van der Waals surface area contributed by atoms with Crippen molar-refractivity contribution >= 4 is 0 Å². The van der Waals surface area contributed by atoms with Gasteiger partial charge in [0.2, 0.25) is 0 Å². The molecule has 0 radical (unpaired) electrons. The Morgan fingerprint density at radius 2 is 1.90 bits per heavy atom. The molecule has 1 nitrogen and oxygen atoms in total. The standard InChI is InChI=1S/C7H8O.C2H6/c1-6-4-2-3-5-7(6)8;1-2/h2-5,8H,1H3;1-2H3/i/hD. The van der Waals surface area contributed by atoms with Gasteiger partial charge in [0.05, 0.1) is 0 Å². The predicted octanol–water partition coefficient (Wildman–Crippen LogP) is 2.73. The van der Waals surface area contributed by atoms with E-state index >= 15 is 0 Å². The Balaban J connectivity index is 0.000000461. The van der Waals surface area contributed by atoms with Crippen LogP contribution in [-0.2, 0) is 0 Å². The van der Waals surface area contributed by atoms with E-state index < -0.39 is 0 Å². The fourth-order valence-electron chi connectivity index (χ4n) is 0.556. The first-order valence-corrected chi connectivity index (χ1v) is 3.53. The molecule has 0 saturated carbocycles. The van der Waals surface area contributed by atoms with Crippen molar-refractivity contribution in [2.24, 2.45) is 0 Å². The van der Waals surface area contributed by atoms with Gasteiger partial charge in [-0.15, -0.1) is 0 Å². The van der Waals surface area contributed by atoms with E-state index in [2.05, 4.69) is 5.11 Å². The Bertz CT molecular complexity index is 199. The first-order valence-electron chi connectivity index (χ1n) is 3.94. The van der Waals surface area contributed by atoms with Gasteiger partial charge in [0.1, 0.15) is 5.75 Å². The number of para-hydroxylation sites is 1. The minimum Gasteiger partial charge on any atom is -0.508 e. The molecule has 56 valence electrons. The molecule has 0 aromatic heterocycles. The topological polar surface area (TPSA) is 20.2 Å². The summed E-state index contributed by atoms with van der Waals surface area (Å²) in [7, 11) is 0. The lowest BCUT2D eigenvalue weighted by Gasteiger charge is -1.92. The van der Waals surface area contributed by atoms with Crippen LogP contribution in [0.1, 0.15) is 19.4 Å². The van der Waals surface area contributed by atoms with Gasteiger partial charge in [0.25, 0.3) is 1.43 Å². The molecule has 1 heteroatoms. The van der Waals surface area contributed by atoms with Crippen LogP contribution in [0.4, 0.5) is 0 Å². The van der Waals surface area contributed by atoms with Gasteiger partial charge in [-0.1, -0.05) is 32.0 Å². The minimum absolute atomic E-state index is 0.623. The molecule has 1 aromatic rings. The summed E-state index contributed by atoms with van der Waals surface area (Å²) in [5.41, 5.74) is 0.993. The number of hydrogen-bond acceptors (Lipinski definition) is 1. The Morgan fingerprint density at radius 3 is 2.30 bits per heavy atom. The molecule has 0 fully saturated rings. The van der Waals surface area contributed by atoms with Crippen LogP contribution in [0.5, 0.6) is 5.75 Å². The van der Waals surface area contributed by atoms with Crippen LogP contribution < -0.4 is 0 Å². The lowest BCUT2D eigenvalue weighted by atomic mass is 10.2. The van der Waals surface area contributed by atoms with Crippen LogP contribution in [0.15, 0.2) is 24.3 Å². The van der Waals surface area contributed by atoms with Crippen LogP contribution in [0, 0.1) is 6.92 Å². The van der Waals surface area contributed by atoms with Crippen molar-refractivity contribution < 1.29 is 5.11 Å². The third kappa shape index (κ3) is 2.53. The predicted molar refractivity (Wildman–Crippen MR) is 44.2 cm³/mol. The van der Waals surface area contributed by atoms with Crippen molar-refractivity contribution in [3.05, 3.63) is 29.8 Å². The highest BCUT2D eigenvalue weighted by atomic mass is 16.3. The number of phenols is 1. The molecule has 0 spiro atoms. The maximum absolute atomic E-state index is 6.58. The number of aryl methyl sites for hydroxylation is 1. The van der Waals surface area contributed by atoms with Gasteiger partial charge in [0.15, 0.2) is 0 Å². The number of benzene rings is 1. The Kier molecular flexibility index (Phi) is 3.46. The Hall–Kier alpha value is -0.980. The molecule has 1 aromatic carbocycles. The average molecular weight is 139 g/mol. The van der Waals surface area contributed by atoms with Crippen molar-refractivity contribution in [2.75, 3.05) is 0 Å². The first kappa shape index (κ1) is 7.13. The van der Waals surface area contributed by atoms with Crippen molar-refractivity contribution in [1.29, 1.82) is 1.43 Å². The molecule has 1 rings (SSSR count). The summed E-state index contributed by atoms with van der Waals surface area (Å²) < 4.78 is 6.58. The monoisotopic (exact) mass is 139 g/mol. The molecular formula is C9H14O. The summed E-state index contributed by atoms with van der Waals surface area (Å²) in [6, 6.07) is 7.43. The molecule has 10 heavy (non-hydrogen) atoms. The van der Waals surface area contributed by atoms with E-state index in [0.29, 0.717) is 5.75 Å². The van der Waals surface area contributed by atoms with Crippen molar-refractivity contribution in [1.82, 2.24) is 0 Å². The van der Waals surface area contributed by atoms with E-state index in [9.17, 15) is 0 Å². The first-order chi connectivity index (χ1) is 5.34. The Labute approximate surface area is 63.8 Å². The number of hydrogen-bond donors (Lipinski definition) is 1. The van der Waals surface area contributed by atoms with Crippen LogP contribution in [-0.4, -0.2) is 6.54 Å². The summed E-state index contributed by atoms with van der Waals surface area (Å²) in [6.45, 7) is 5.91. The second kappa shape index (κ2) is 4.86. The SMILES string of the molecule is CC.[2H]Oc1ccccc1C. The van der Waals surface area contributed by atoms with E-state index in [4.69, 9.17) is 1.43 Å². The molecule has 0 saturated heterocycles.